The molecule has 0 bridgehead atoms. The van der Waals surface area contributed by atoms with Crippen LogP contribution in [-0.4, -0.2) is 16.5 Å². The number of nitriles is 1. The van der Waals surface area contributed by atoms with Crippen LogP contribution in [0.3, 0.4) is 0 Å². The minimum absolute atomic E-state index is 0.402. The molecule has 0 fully saturated rings. The highest BCUT2D eigenvalue weighted by Crippen LogP contribution is 2.21. The second kappa shape index (κ2) is 7.46. The number of anilines is 1. The van der Waals surface area contributed by atoms with Crippen molar-refractivity contribution in [1.29, 1.82) is 5.26 Å². The van der Waals surface area contributed by atoms with Gasteiger partial charge >= 0.3 is 0 Å². The van der Waals surface area contributed by atoms with Gasteiger partial charge in [-0.05, 0) is 17.7 Å². The second-order valence-corrected chi connectivity index (χ2v) is 4.58. The van der Waals surface area contributed by atoms with Crippen molar-refractivity contribution in [2.45, 2.75) is 18.8 Å². The molecular weight excluding hydrogens is 272 g/mol. The Bertz CT molecular complexity index is 580. The molecule has 20 heavy (non-hydrogen) atoms. The van der Waals surface area contributed by atoms with Crippen molar-refractivity contribution in [2.24, 2.45) is 0 Å². The van der Waals surface area contributed by atoms with Crippen molar-refractivity contribution in [3.63, 3.8) is 0 Å². The van der Waals surface area contributed by atoms with Gasteiger partial charge in [0.2, 0.25) is 0 Å². The van der Waals surface area contributed by atoms with Crippen LogP contribution in [-0.2, 0) is 12.4 Å². The number of aromatic nitrogens is 2. The minimum Gasteiger partial charge on any atom is -0.351 e. The number of rotatable bonds is 6. The molecule has 0 aliphatic rings. The molecule has 2 aromatic rings. The molecule has 0 aliphatic carbocycles. The summed E-state index contributed by atoms with van der Waals surface area (Å²) in [5, 5.41) is 8.82. The zero-order valence-corrected chi connectivity index (χ0v) is 11.8. The Hall–Kier alpha value is -2.12. The molecule has 2 rings (SSSR count). The van der Waals surface area contributed by atoms with Crippen LogP contribution < -0.4 is 4.90 Å². The van der Waals surface area contributed by atoms with E-state index >= 15 is 0 Å². The van der Waals surface area contributed by atoms with E-state index in [9.17, 15) is 0 Å². The Morgan fingerprint density at radius 3 is 2.80 bits per heavy atom. The van der Waals surface area contributed by atoms with E-state index in [0.29, 0.717) is 25.4 Å². The summed E-state index contributed by atoms with van der Waals surface area (Å²) in [7, 11) is 0. The first kappa shape index (κ1) is 14.3. The number of nitrogens with zero attached hydrogens (tertiary/aromatic N) is 4. The molecule has 0 amide bonds. The minimum atomic E-state index is 0.402. The third-order valence-corrected chi connectivity index (χ3v) is 3.19. The molecule has 2 aromatic heterocycles. The zero-order chi connectivity index (χ0) is 14.2. The van der Waals surface area contributed by atoms with E-state index in [0.717, 1.165) is 16.9 Å². The first-order chi connectivity index (χ1) is 9.85. The highest BCUT2D eigenvalue weighted by Gasteiger charge is 2.12. The van der Waals surface area contributed by atoms with Gasteiger partial charge < -0.3 is 4.90 Å². The van der Waals surface area contributed by atoms with Gasteiger partial charge in [-0.1, -0.05) is 12.1 Å². The summed E-state index contributed by atoms with van der Waals surface area (Å²) < 4.78 is 0. The number of pyridine rings is 2. The van der Waals surface area contributed by atoms with E-state index in [1.807, 2.05) is 30.5 Å². The van der Waals surface area contributed by atoms with Crippen molar-refractivity contribution in [1.82, 2.24) is 9.97 Å². The molecule has 0 N–H and O–H groups in total. The van der Waals surface area contributed by atoms with Crippen LogP contribution in [0.4, 0.5) is 5.82 Å². The fourth-order valence-corrected chi connectivity index (χ4v) is 2.18. The lowest BCUT2D eigenvalue weighted by Crippen LogP contribution is -2.25. The quantitative estimate of drug-likeness (QED) is 0.766. The molecule has 0 saturated heterocycles. The molecule has 4 nitrogen and oxygen atoms in total. The van der Waals surface area contributed by atoms with Crippen LogP contribution in [0.1, 0.15) is 17.5 Å². The van der Waals surface area contributed by atoms with Gasteiger partial charge in [0.1, 0.15) is 5.82 Å². The Balaban J connectivity index is 2.25. The van der Waals surface area contributed by atoms with Crippen molar-refractivity contribution >= 4 is 17.4 Å². The number of alkyl halides is 1. The molecule has 0 atom stereocenters. The Kier molecular flexibility index (Phi) is 5.33. The molecule has 0 radical (unpaired) electrons. The smallest absolute Gasteiger partial charge is 0.133 e. The van der Waals surface area contributed by atoms with Crippen LogP contribution >= 0.6 is 11.6 Å². The predicted octanol–water partition coefficient (Wildman–Crippen LogP) is 3.14. The Labute approximate surface area is 123 Å². The average Bonchev–Trinajstić information content (AvgIpc) is 2.52. The lowest BCUT2D eigenvalue weighted by Gasteiger charge is -2.24. The molecule has 0 unspecified atom stereocenters. The number of hydrogen-bond acceptors (Lipinski definition) is 4. The molecule has 0 spiro atoms. The first-order valence-electron chi connectivity index (χ1n) is 6.36. The average molecular weight is 287 g/mol. The van der Waals surface area contributed by atoms with Crippen molar-refractivity contribution < 1.29 is 0 Å². The van der Waals surface area contributed by atoms with Crippen LogP contribution in [0.25, 0.3) is 0 Å². The molecule has 102 valence electrons. The van der Waals surface area contributed by atoms with E-state index in [1.54, 1.807) is 12.4 Å². The number of hydrogen-bond donors (Lipinski definition) is 0. The molecule has 0 aliphatic heterocycles. The third-order valence-electron chi connectivity index (χ3n) is 2.90. The van der Waals surface area contributed by atoms with E-state index in [-0.39, 0.29) is 0 Å². The summed E-state index contributed by atoms with van der Waals surface area (Å²) in [5.41, 5.74) is 2.05. The van der Waals surface area contributed by atoms with Crippen molar-refractivity contribution in [2.75, 3.05) is 11.4 Å². The predicted molar refractivity (Wildman–Crippen MR) is 79.3 cm³/mol. The lowest BCUT2D eigenvalue weighted by atomic mass is 10.2. The molecule has 0 aromatic carbocycles. The van der Waals surface area contributed by atoms with Crippen molar-refractivity contribution in [3.05, 3.63) is 54.0 Å². The monoisotopic (exact) mass is 286 g/mol. The van der Waals surface area contributed by atoms with Gasteiger partial charge in [0.25, 0.3) is 0 Å². The zero-order valence-electron chi connectivity index (χ0n) is 11.0. The van der Waals surface area contributed by atoms with Crippen LogP contribution in [0, 0.1) is 11.3 Å². The van der Waals surface area contributed by atoms with E-state index < -0.39 is 0 Å². The standard InChI is InChI=1S/C15H15ClN4/c16-10-14-5-2-8-19-15(14)20(9-3-6-17)12-13-4-1-7-18-11-13/h1-2,4-5,7-8,11H,3,9-10,12H2. The van der Waals surface area contributed by atoms with E-state index in [1.165, 1.54) is 0 Å². The van der Waals surface area contributed by atoms with Gasteiger partial charge in [-0.3, -0.25) is 4.98 Å². The largest absolute Gasteiger partial charge is 0.351 e. The Morgan fingerprint density at radius 1 is 1.25 bits per heavy atom. The molecule has 2 heterocycles. The van der Waals surface area contributed by atoms with Gasteiger partial charge in [0.15, 0.2) is 0 Å². The second-order valence-electron chi connectivity index (χ2n) is 4.31. The SMILES string of the molecule is N#CCCN(Cc1cccnc1)c1ncccc1CCl. The summed E-state index contributed by atoms with van der Waals surface area (Å²) in [6, 6.07) is 9.91. The van der Waals surface area contributed by atoms with Crippen LogP contribution in [0.15, 0.2) is 42.9 Å². The Morgan fingerprint density at radius 2 is 2.10 bits per heavy atom. The molecule has 5 heteroatoms. The lowest BCUT2D eigenvalue weighted by molar-refractivity contribution is 0.775. The van der Waals surface area contributed by atoms with Crippen LogP contribution in [0.5, 0.6) is 0 Å². The van der Waals surface area contributed by atoms with Crippen molar-refractivity contribution in [3.8, 4) is 6.07 Å². The fraction of sp³-hybridized carbons (Fsp3) is 0.267. The normalized spacial score (nSPS) is 10.0. The van der Waals surface area contributed by atoms with E-state index in [2.05, 4.69) is 20.9 Å². The summed E-state index contributed by atoms with van der Waals surface area (Å²) in [4.78, 5) is 10.6. The summed E-state index contributed by atoms with van der Waals surface area (Å²) >= 11 is 5.97. The summed E-state index contributed by atoms with van der Waals surface area (Å²) in [5.74, 6) is 1.24. The van der Waals surface area contributed by atoms with Gasteiger partial charge in [-0.15, -0.1) is 11.6 Å². The topological polar surface area (TPSA) is 52.8 Å². The maximum absolute atomic E-state index is 8.82. The highest BCUT2D eigenvalue weighted by atomic mass is 35.5. The maximum Gasteiger partial charge on any atom is 0.133 e. The number of halogens is 1. The van der Waals surface area contributed by atoms with Crippen LogP contribution in [0.2, 0.25) is 0 Å². The highest BCUT2D eigenvalue weighted by molar-refractivity contribution is 6.17. The molecule has 0 saturated carbocycles. The molecular formula is C15H15ClN4. The first-order valence-corrected chi connectivity index (χ1v) is 6.89. The van der Waals surface area contributed by atoms with Gasteiger partial charge in [0.05, 0.1) is 18.4 Å². The fourth-order valence-electron chi connectivity index (χ4n) is 1.98. The van der Waals surface area contributed by atoms with Gasteiger partial charge in [-0.25, -0.2) is 4.98 Å². The summed E-state index contributed by atoms with van der Waals surface area (Å²) in [6.07, 6.45) is 5.75. The van der Waals surface area contributed by atoms with Gasteiger partial charge in [-0.2, -0.15) is 5.26 Å². The van der Waals surface area contributed by atoms with E-state index in [4.69, 9.17) is 16.9 Å². The third kappa shape index (κ3) is 3.69. The summed E-state index contributed by atoms with van der Waals surface area (Å²) in [6.45, 7) is 1.28. The maximum atomic E-state index is 8.82. The van der Waals surface area contributed by atoms with Gasteiger partial charge in [0, 0.05) is 37.2 Å².